The second-order valence-electron chi connectivity index (χ2n) is 4.03. The van der Waals surface area contributed by atoms with E-state index in [4.69, 9.17) is 69.3 Å². The summed E-state index contributed by atoms with van der Waals surface area (Å²) in [5.41, 5.74) is 31.6. The van der Waals surface area contributed by atoms with Crippen LogP contribution in [0.1, 0.15) is 0 Å². The molecule has 0 saturated heterocycles. The predicted octanol–water partition coefficient (Wildman–Crippen LogP) is -16.5. The number of nitrogens with two attached hydrogens (primary N) is 7. The zero-order chi connectivity index (χ0) is 30.0. The number of carboxylic acids is 7. The summed E-state index contributed by atoms with van der Waals surface area (Å²) >= 11 is 0. The van der Waals surface area contributed by atoms with Crippen LogP contribution in [0, 0.1) is 0 Å². The van der Waals surface area contributed by atoms with Gasteiger partial charge in [-0.1, -0.05) is 0 Å². The Bertz CT molecular complexity index is 451. The van der Waals surface area contributed by atoms with Crippen molar-refractivity contribution < 1.29 is 95.5 Å². The molecule has 0 bridgehead atoms. The van der Waals surface area contributed by atoms with Crippen LogP contribution in [0.2, 0.25) is 0 Å². The minimum absolute atomic E-state index is 0. The number of carboxylic acid groups (broad SMARTS) is 7. The maximum atomic E-state index is 9.13. The van der Waals surface area contributed by atoms with Gasteiger partial charge in [-0.15, -0.1) is 0 Å². The summed E-state index contributed by atoms with van der Waals surface area (Å²) in [5, 5.41) is 63.9. The van der Waals surface area contributed by atoms with Gasteiger partial charge in [0.05, 0.1) is 41.8 Å². The van der Waals surface area contributed by atoms with Crippen molar-refractivity contribution in [3.05, 3.63) is 0 Å². The number of carbonyl (C=O) groups is 7. The average molecular weight is 637 g/mol. The van der Waals surface area contributed by atoms with Gasteiger partial charge in [0, 0.05) is 63.2 Å². The molecule has 0 aliphatic carbocycles. The van der Waals surface area contributed by atoms with Gasteiger partial charge in [-0.2, -0.15) is 0 Å². The normalized spacial score (nSPS) is 7.00. The summed E-state index contributed by atoms with van der Waals surface area (Å²) in [5.74, 6) is -8.52. The van der Waals surface area contributed by atoms with Gasteiger partial charge in [0.1, 0.15) is 0 Å². The molecule has 0 aromatic rings. The number of hydrogen-bond donors (Lipinski definition) is 7. The maximum Gasteiger partial charge on any atom is 4.00 e. The Morgan fingerprint density at radius 3 is 0.351 bits per heavy atom. The topological polar surface area (TPSA) is 463 Å². The minimum atomic E-state index is -1.22. The van der Waals surface area contributed by atoms with E-state index in [1.54, 1.807) is 0 Å². The molecule has 21 nitrogen and oxygen atoms in total. The van der Waals surface area contributed by atoms with Crippen LogP contribution in [0.15, 0.2) is 0 Å². The van der Waals surface area contributed by atoms with Crippen LogP contribution in [0.3, 0.4) is 0 Å². The van der Waals surface area contributed by atoms with Crippen molar-refractivity contribution >= 4 is 59.1 Å². The third-order valence-corrected chi connectivity index (χ3v) is 1.17. The first kappa shape index (κ1) is 59.5. The Kier molecular flexibility index (Phi) is 87.4. The summed E-state index contributed by atoms with van der Waals surface area (Å²) in [6.07, 6.45) is 0. The van der Waals surface area contributed by atoms with Crippen molar-refractivity contribution in [3.63, 3.8) is 0 Å². The van der Waals surface area contributed by atoms with E-state index in [1.165, 1.54) is 0 Å². The molecular weight excluding hydrogens is 608 g/mol. The Morgan fingerprint density at radius 1 is 0.324 bits per heavy atom. The summed E-state index contributed by atoms with van der Waals surface area (Å²) in [6.45, 7) is -2.72. The molecule has 0 fully saturated rings. The van der Waals surface area contributed by atoms with Gasteiger partial charge < -0.3 is 109 Å². The van der Waals surface area contributed by atoms with Gasteiger partial charge in [0.25, 0.3) is 0 Å². The van der Waals surface area contributed by atoms with Crippen LogP contribution in [0.5, 0.6) is 0 Å². The summed E-state index contributed by atoms with van der Waals surface area (Å²) in [4.78, 5) is 63.9. The van der Waals surface area contributed by atoms with E-state index in [0.717, 1.165) is 0 Å². The number of hydrogen-bond acceptors (Lipinski definition) is 21. The fraction of sp³-hybridized carbons (Fsp3) is 0.500. The van der Waals surface area contributed by atoms with Gasteiger partial charge >= 0.3 is 26.2 Å². The Hall–Kier alpha value is -2.57. The smallest absolute Gasteiger partial charge is 0.549 e. The molecule has 0 unspecified atom stereocenters. The van der Waals surface area contributed by atoms with Crippen molar-refractivity contribution in [1.82, 2.24) is 0 Å². The van der Waals surface area contributed by atoms with E-state index in [1.807, 2.05) is 0 Å². The molecule has 14 N–H and O–H groups in total. The van der Waals surface area contributed by atoms with Gasteiger partial charge in [-0.05, 0) is 0 Å². The molecule has 0 spiro atoms. The van der Waals surface area contributed by atoms with E-state index in [-0.39, 0.29) is 89.4 Å². The molecule has 0 aromatic carbocycles. The van der Waals surface area contributed by atoms with E-state index < -0.39 is 41.8 Å². The molecule has 23 heteroatoms. The second-order valence-corrected chi connectivity index (χ2v) is 4.03. The zero-order valence-corrected chi connectivity index (χ0v) is 22.9. The SMILES string of the molecule is NCC(=O)[O-].NCC(=O)[O-].NCC(=O)[O-].NCC(=O)[O-].NCC(=O)[O-].NCC(=O)[O-].NCC(=O)[O-].[Al].[Zr+4]. The first-order valence-electron chi connectivity index (χ1n) is 8.19. The van der Waals surface area contributed by atoms with Gasteiger partial charge in [-0.25, -0.2) is 0 Å². The van der Waals surface area contributed by atoms with Crippen LogP contribution in [-0.4, -0.2) is 105 Å². The average Bonchev–Trinajstić information content (AvgIpc) is 2.80. The third kappa shape index (κ3) is 253. The monoisotopic (exact) mass is 635 g/mol. The van der Waals surface area contributed by atoms with Crippen LogP contribution < -0.4 is 75.9 Å². The van der Waals surface area contributed by atoms with Crippen molar-refractivity contribution in [2.75, 3.05) is 45.8 Å². The van der Waals surface area contributed by atoms with Gasteiger partial charge in [-0.3, -0.25) is 0 Å². The molecule has 0 heterocycles. The largest absolute Gasteiger partial charge is 4.00 e. The van der Waals surface area contributed by atoms with Crippen molar-refractivity contribution in [1.29, 1.82) is 0 Å². The van der Waals surface area contributed by atoms with Crippen molar-refractivity contribution in [2.45, 2.75) is 0 Å². The maximum absolute atomic E-state index is 9.13. The molecule has 0 aliphatic heterocycles. The number of carbonyl (C=O) groups excluding carboxylic acids is 7. The molecule has 0 aromatic heterocycles. The Balaban J connectivity index is -0.0000000350. The minimum Gasteiger partial charge on any atom is -0.549 e. The molecule has 0 atom stereocenters. The van der Waals surface area contributed by atoms with Crippen molar-refractivity contribution in [2.24, 2.45) is 40.1 Å². The van der Waals surface area contributed by atoms with Crippen LogP contribution in [-0.2, 0) is 59.8 Å². The van der Waals surface area contributed by atoms with Gasteiger partial charge in [0.2, 0.25) is 0 Å². The van der Waals surface area contributed by atoms with Crippen molar-refractivity contribution in [3.8, 4) is 0 Å². The summed E-state index contributed by atoms with van der Waals surface area (Å²) < 4.78 is 0. The molecule has 0 rings (SSSR count). The first-order valence-corrected chi connectivity index (χ1v) is 8.19. The summed E-state index contributed by atoms with van der Waals surface area (Å²) in [6, 6.07) is 0. The van der Waals surface area contributed by atoms with Crippen LogP contribution in [0.25, 0.3) is 0 Å². The predicted molar refractivity (Wildman–Crippen MR) is 104 cm³/mol. The Morgan fingerprint density at radius 2 is 0.351 bits per heavy atom. The molecule has 37 heavy (non-hydrogen) atoms. The molecule has 3 radical (unpaired) electrons. The van der Waals surface area contributed by atoms with Crippen LogP contribution >= 0.6 is 0 Å². The zero-order valence-electron chi connectivity index (χ0n) is 19.3. The van der Waals surface area contributed by atoms with E-state index >= 15 is 0 Å². The number of aliphatic carboxylic acids is 7. The molecule has 0 saturated carbocycles. The molecule has 0 aliphatic rings. The molecular formula is C14H28AlN7O14Zr-3. The third-order valence-electron chi connectivity index (χ3n) is 1.17. The fourth-order valence-corrected chi connectivity index (χ4v) is 0. The van der Waals surface area contributed by atoms with E-state index in [0.29, 0.717) is 0 Å². The summed E-state index contributed by atoms with van der Waals surface area (Å²) in [7, 11) is 0. The van der Waals surface area contributed by atoms with Crippen LogP contribution in [0.4, 0.5) is 0 Å². The van der Waals surface area contributed by atoms with E-state index in [2.05, 4.69) is 40.1 Å². The quantitative estimate of drug-likeness (QED) is 0.127. The second kappa shape index (κ2) is 54.4. The number of rotatable bonds is 7. The van der Waals surface area contributed by atoms with Gasteiger partial charge in [0.15, 0.2) is 0 Å². The Labute approximate surface area is 240 Å². The fourth-order valence-electron chi connectivity index (χ4n) is 0. The molecule has 0 amide bonds. The first-order chi connectivity index (χ1) is 15.9. The standard InChI is InChI=1S/7C2H5NO2.Al.Zr/c7*3-1-2(4)5;;/h7*1,3H2,(H,4,5);;/q;;;;;;;;+4/p-7. The molecule has 213 valence electrons. The van der Waals surface area contributed by atoms with E-state index in [9.17, 15) is 0 Å².